The number of benzene rings is 2. The molecule has 1 unspecified atom stereocenters. The highest BCUT2D eigenvalue weighted by molar-refractivity contribution is 9.10. The molecule has 0 aliphatic carbocycles. The summed E-state index contributed by atoms with van der Waals surface area (Å²) in [7, 11) is -3.66. The Morgan fingerprint density at radius 1 is 1.21 bits per heavy atom. The molecule has 154 valence electrons. The summed E-state index contributed by atoms with van der Waals surface area (Å²) in [6.45, 7) is 6.10. The smallest absolute Gasteiger partial charge is 0.253 e. The zero-order chi connectivity index (χ0) is 21.2. The number of fused-ring (bicyclic) bond motifs is 1. The maximum absolute atomic E-state index is 12.9. The summed E-state index contributed by atoms with van der Waals surface area (Å²) in [5.41, 5.74) is 1.95. The minimum atomic E-state index is -3.66. The molecule has 1 amide bonds. The molecule has 1 aromatic heterocycles. The van der Waals surface area contributed by atoms with Gasteiger partial charge in [-0.25, -0.2) is 13.4 Å². The molecular weight excluding hydrogens is 456 g/mol. The molecule has 0 aliphatic heterocycles. The van der Waals surface area contributed by atoms with Crippen LogP contribution in [0.3, 0.4) is 0 Å². The fraction of sp³-hybridized carbons (Fsp3) is 0.300. The maximum Gasteiger partial charge on any atom is 0.253 e. The van der Waals surface area contributed by atoms with Gasteiger partial charge in [0.1, 0.15) is 5.82 Å². The standard InChI is InChI=1S/C20H23BrN4O3S/c1-4-25(5-2)29(27,28)14-10-11-16(21)15(12-14)20(26)22-13(3)19-23-17-8-6-7-9-18(17)24-19/h6-13H,4-5H2,1-3H3,(H,22,26)(H,23,24). The summed E-state index contributed by atoms with van der Waals surface area (Å²) in [6, 6.07) is 11.7. The highest BCUT2D eigenvalue weighted by Gasteiger charge is 2.24. The number of nitrogens with one attached hydrogen (secondary N) is 2. The van der Waals surface area contributed by atoms with Crippen molar-refractivity contribution in [1.29, 1.82) is 0 Å². The van der Waals surface area contributed by atoms with Crippen LogP contribution in [0.5, 0.6) is 0 Å². The molecule has 0 bridgehead atoms. The topological polar surface area (TPSA) is 95.2 Å². The molecule has 0 saturated heterocycles. The average Bonchev–Trinajstić information content (AvgIpc) is 3.13. The Labute approximate surface area is 178 Å². The summed E-state index contributed by atoms with van der Waals surface area (Å²) >= 11 is 3.35. The number of aromatic amines is 1. The van der Waals surface area contributed by atoms with Gasteiger partial charge in [-0.3, -0.25) is 4.79 Å². The van der Waals surface area contributed by atoms with Crippen LogP contribution >= 0.6 is 15.9 Å². The summed E-state index contributed by atoms with van der Waals surface area (Å²) in [4.78, 5) is 20.6. The van der Waals surface area contributed by atoms with Gasteiger partial charge in [-0.1, -0.05) is 26.0 Å². The Kier molecular flexibility index (Phi) is 6.40. The zero-order valence-electron chi connectivity index (χ0n) is 16.4. The first kappa shape index (κ1) is 21.5. The minimum absolute atomic E-state index is 0.0888. The Balaban J connectivity index is 1.87. The second-order valence-electron chi connectivity index (χ2n) is 6.57. The van der Waals surface area contributed by atoms with Gasteiger partial charge in [0, 0.05) is 17.6 Å². The first-order valence-electron chi connectivity index (χ1n) is 9.33. The third kappa shape index (κ3) is 4.36. The van der Waals surface area contributed by atoms with Crippen molar-refractivity contribution < 1.29 is 13.2 Å². The lowest BCUT2D eigenvalue weighted by atomic mass is 10.2. The van der Waals surface area contributed by atoms with Crippen LogP contribution < -0.4 is 5.32 Å². The van der Waals surface area contributed by atoms with Gasteiger partial charge < -0.3 is 10.3 Å². The van der Waals surface area contributed by atoms with Gasteiger partial charge in [-0.15, -0.1) is 0 Å². The fourth-order valence-corrected chi connectivity index (χ4v) is 4.98. The van der Waals surface area contributed by atoms with Gasteiger partial charge in [0.25, 0.3) is 5.91 Å². The van der Waals surface area contributed by atoms with E-state index in [2.05, 4.69) is 31.2 Å². The lowest BCUT2D eigenvalue weighted by molar-refractivity contribution is 0.0937. The quantitative estimate of drug-likeness (QED) is 0.538. The monoisotopic (exact) mass is 478 g/mol. The van der Waals surface area contributed by atoms with Crippen molar-refractivity contribution in [1.82, 2.24) is 19.6 Å². The number of H-pyrrole nitrogens is 1. The number of sulfonamides is 1. The van der Waals surface area contributed by atoms with Gasteiger partial charge in [0.15, 0.2) is 0 Å². The third-order valence-corrected chi connectivity index (χ3v) is 7.43. The number of carbonyl (C=O) groups is 1. The van der Waals surface area contributed by atoms with Crippen molar-refractivity contribution in [2.24, 2.45) is 0 Å². The van der Waals surface area contributed by atoms with E-state index in [1.54, 1.807) is 19.9 Å². The number of amides is 1. The van der Waals surface area contributed by atoms with Gasteiger partial charge in [0.2, 0.25) is 10.0 Å². The molecule has 0 aliphatic rings. The number of carbonyl (C=O) groups excluding carboxylic acids is 1. The second-order valence-corrected chi connectivity index (χ2v) is 9.36. The first-order chi connectivity index (χ1) is 13.8. The molecule has 7 nitrogen and oxygen atoms in total. The summed E-state index contributed by atoms with van der Waals surface area (Å²) in [6.07, 6.45) is 0. The highest BCUT2D eigenvalue weighted by atomic mass is 79.9. The second kappa shape index (κ2) is 8.64. The molecule has 3 aromatic rings. The molecule has 0 radical (unpaired) electrons. The van der Waals surface area contributed by atoms with Gasteiger partial charge >= 0.3 is 0 Å². The molecule has 0 spiro atoms. The van der Waals surface area contributed by atoms with E-state index < -0.39 is 10.0 Å². The van der Waals surface area contributed by atoms with Crippen LogP contribution in [0, 0.1) is 0 Å². The summed E-state index contributed by atoms with van der Waals surface area (Å²) < 4.78 is 27.5. The highest BCUT2D eigenvalue weighted by Crippen LogP contribution is 2.24. The predicted octanol–water partition coefficient (Wildman–Crippen LogP) is 3.85. The molecule has 2 N–H and O–H groups in total. The molecule has 3 rings (SSSR count). The largest absolute Gasteiger partial charge is 0.342 e. The summed E-state index contributed by atoms with van der Waals surface area (Å²) in [5.74, 6) is 0.240. The lowest BCUT2D eigenvalue weighted by Gasteiger charge is -2.19. The average molecular weight is 479 g/mol. The Bertz CT molecular complexity index is 1110. The van der Waals surface area contributed by atoms with E-state index in [0.29, 0.717) is 23.4 Å². The molecule has 0 fully saturated rings. The van der Waals surface area contributed by atoms with E-state index in [9.17, 15) is 13.2 Å². The normalized spacial score (nSPS) is 13.0. The number of rotatable bonds is 7. The number of para-hydroxylation sites is 2. The number of hydrogen-bond donors (Lipinski definition) is 2. The Morgan fingerprint density at radius 2 is 1.90 bits per heavy atom. The number of halogens is 1. The Hall–Kier alpha value is -2.23. The molecule has 1 atom stereocenters. The first-order valence-corrected chi connectivity index (χ1v) is 11.6. The van der Waals surface area contributed by atoms with Crippen molar-refractivity contribution in [2.45, 2.75) is 31.7 Å². The van der Waals surface area contributed by atoms with Gasteiger partial charge in [0.05, 0.1) is 27.5 Å². The SMILES string of the molecule is CCN(CC)S(=O)(=O)c1ccc(Br)c(C(=O)NC(C)c2nc3ccccc3[nH]2)c1. The van der Waals surface area contributed by atoms with Crippen LogP contribution in [0.1, 0.15) is 43.0 Å². The maximum atomic E-state index is 12.9. The fourth-order valence-electron chi connectivity index (χ4n) is 3.07. The number of imidazole rings is 1. The van der Waals surface area contributed by atoms with Crippen LogP contribution in [0.15, 0.2) is 51.8 Å². The van der Waals surface area contributed by atoms with E-state index >= 15 is 0 Å². The lowest BCUT2D eigenvalue weighted by Crippen LogP contribution is -2.31. The van der Waals surface area contributed by atoms with Crippen LogP contribution in [0.4, 0.5) is 0 Å². The van der Waals surface area contributed by atoms with Crippen LogP contribution in [-0.2, 0) is 10.0 Å². The van der Waals surface area contributed by atoms with E-state index in [0.717, 1.165) is 11.0 Å². The van der Waals surface area contributed by atoms with Gasteiger partial charge in [-0.05, 0) is 53.2 Å². The molecule has 2 aromatic carbocycles. The van der Waals surface area contributed by atoms with Gasteiger partial charge in [-0.2, -0.15) is 4.31 Å². The van der Waals surface area contributed by atoms with Crippen molar-refractivity contribution >= 4 is 42.9 Å². The van der Waals surface area contributed by atoms with E-state index in [4.69, 9.17) is 0 Å². The Morgan fingerprint density at radius 3 is 2.55 bits per heavy atom. The predicted molar refractivity (Wildman–Crippen MR) is 116 cm³/mol. The minimum Gasteiger partial charge on any atom is -0.342 e. The van der Waals surface area contributed by atoms with Crippen molar-refractivity contribution in [3.8, 4) is 0 Å². The van der Waals surface area contributed by atoms with Crippen LogP contribution in [0.2, 0.25) is 0 Å². The zero-order valence-corrected chi connectivity index (χ0v) is 18.8. The molecular formula is C20H23BrN4O3S. The molecule has 9 heteroatoms. The van der Waals surface area contributed by atoms with E-state index in [1.807, 2.05) is 31.2 Å². The van der Waals surface area contributed by atoms with E-state index in [-0.39, 0.29) is 22.4 Å². The van der Waals surface area contributed by atoms with Crippen molar-refractivity contribution in [3.05, 3.63) is 58.3 Å². The van der Waals surface area contributed by atoms with Crippen LogP contribution in [-0.4, -0.2) is 41.7 Å². The van der Waals surface area contributed by atoms with E-state index in [1.165, 1.54) is 16.4 Å². The number of hydrogen-bond acceptors (Lipinski definition) is 4. The van der Waals surface area contributed by atoms with Crippen molar-refractivity contribution in [3.63, 3.8) is 0 Å². The van der Waals surface area contributed by atoms with Crippen LogP contribution in [0.25, 0.3) is 11.0 Å². The molecule has 29 heavy (non-hydrogen) atoms. The van der Waals surface area contributed by atoms with Crippen molar-refractivity contribution in [2.75, 3.05) is 13.1 Å². The molecule has 1 heterocycles. The third-order valence-electron chi connectivity index (χ3n) is 4.69. The summed E-state index contributed by atoms with van der Waals surface area (Å²) in [5, 5.41) is 2.88. The number of aromatic nitrogens is 2. The molecule has 0 saturated carbocycles. The number of nitrogens with zero attached hydrogens (tertiary/aromatic N) is 2.